The Morgan fingerprint density at radius 2 is 2.07 bits per heavy atom. The molecule has 0 N–H and O–H groups in total. The summed E-state index contributed by atoms with van der Waals surface area (Å²) in [5.41, 5.74) is 1.99. The highest BCUT2D eigenvalue weighted by Crippen LogP contribution is 2.30. The minimum Gasteiger partial charge on any atom is -0.494 e. The number of aryl methyl sites for hydroxylation is 1. The lowest BCUT2D eigenvalue weighted by atomic mass is 10.1. The molecule has 0 aliphatic carbocycles. The summed E-state index contributed by atoms with van der Waals surface area (Å²) in [7, 11) is 0. The molecule has 2 aromatic carbocycles. The highest BCUT2D eigenvalue weighted by Gasteiger charge is 2.26. The molecule has 2 heterocycles. The van der Waals surface area contributed by atoms with E-state index in [1.807, 2.05) is 60.4 Å². The lowest BCUT2D eigenvalue weighted by Gasteiger charge is -2.23. The van der Waals surface area contributed by atoms with Crippen LogP contribution >= 0.6 is 11.3 Å². The minimum absolute atomic E-state index is 0.0749. The average Bonchev–Trinajstić information content (AvgIpc) is 3.40. The lowest BCUT2D eigenvalue weighted by molar-refractivity contribution is -0.119. The summed E-state index contributed by atoms with van der Waals surface area (Å²) >= 11 is 1.56. The van der Waals surface area contributed by atoms with Crippen LogP contribution in [0.1, 0.15) is 31.7 Å². The van der Waals surface area contributed by atoms with Crippen LogP contribution in [-0.2, 0) is 16.0 Å². The number of hydrogen-bond acceptors (Lipinski definition) is 5. The van der Waals surface area contributed by atoms with Crippen molar-refractivity contribution in [1.29, 1.82) is 0 Å². The van der Waals surface area contributed by atoms with Crippen molar-refractivity contribution < 1.29 is 14.3 Å². The van der Waals surface area contributed by atoms with Gasteiger partial charge in [-0.05, 0) is 49.9 Å². The second kappa shape index (κ2) is 9.37. The van der Waals surface area contributed by atoms with Crippen LogP contribution in [0.2, 0.25) is 0 Å². The number of nitrogens with zero attached hydrogens (tertiary/aromatic N) is 2. The largest absolute Gasteiger partial charge is 0.494 e. The van der Waals surface area contributed by atoms with Crippen LogP contribution in [0.3, 0.4) is 0 Å². The van der Waals surface area contributed by atoms with Crippen molar-refractivity contribution in [2.24, 2.45) is 0 Å². The molecule has 1 atom stereocenters. The Morgan fingerprint density at radius 1 is 1.24 bits per heavy atom. The summed E-state index contributed by atoms with van der Waals surface area (Å²) in [4.78, 5) is 19.8. The number of ether oxygens (including phenoxy) is 2. The molecule has 4 rings (SSSR count). The summed E-state index contributed by atoms with van der Waals surface area (Å²) < 4.78 is 12.6. The predicted octanol–water partition coefficient (Wildman–Crippen LogP) is 4.84. The Kier molecular flexibility index (Phi) is 6.42. The standard InChI is InChI=1S/C23H26N2O3S/c1-2-27-20-11-5-3-8-17(20)13-14-22(26)25(16-18-9-7-15-28-18)23-24-19-10-4-6-12-21(19)29-23/h3-6,8,10-12,18H,2,7,9,13-16H2,1H3. The fourth-order valence-corrected chi connectivity index (χ4v) is 4.63. The molecule has 1 amide bonds. The van der Waals surface area contributed by atoms with E-state index >= 15 is 0 Å². The molecule has 1 unspecified atom stereocenters. The number of carbonyl (C=O) groups is 1. The van der Waals surface area contributed by atoms with Crippen LogP contribution in [0.25, 0.3) is 10.2 Å². The molecular weight excluding hydrogens is 384 g/mol. The first-order chi connectivity index (χ1) is 14.2. The maximum atomic E-state index is 13.2. The Hall–Kier alpha value is -2.44. The van der Waals surface area contributed by atoms with Crippen molar-refractivity contribution in [1.82, 2.24) is 4.98 Å². The van der Waals surface area contributed by atoms with Crippen LogP contribution < -0.4 is 9.64 Å². The third-order valence-corrected chi connectivity index (χ3v) is 6.16. The molecule has 0 spiro atoms. The van der Waals surface area contributed by atoms with Gasteiger partial charge in [-0.15, -0.1) is 0 Å². The Labute approximate surface area is 175 Å². The number of anilines is 1. The molecule has 0 saturated carbocycles. The van der Waals surface area contributed by atoms with Gasteiger partial charge in [-0.1, -0.05) is 41.7 Å². The predicted molar refractivity (Wildman–Crippen MR) is 117 cm³/mol. The number of benzene rings is 2. The average molecular weight is 411 g/mol. The van der Waals surface area contributed by atoms with E-state index in [1.165, 1.54) is 0 Å². The molecule has 6 heteroatoms. The number of hydrogen-bond donors (Lipinski definition) is 0. The highest BCUT2D eigenvalue weighted by atomic mass is 32.1. The van der Waals surface area contributed by atoms with Crippen molar-refractivity contribution in [2.75, 3.05) is 24.7 Å². The fraction of sp³-hybridized carbons (Fsp3) is 0.391. The van der Waals surface area contributed by atoms with Crippen molar-refractivity contribution in [3.8, 4) is 5.75 Å². The van der Waals surface area contributed by atoms with Gasteiger partial charge in [-0.3, -0.25) is 9.69 Å². The quantitative estimate of drug-likeness (QED) is 0.533. The number of amides is 1. The van der Waals surface area contributed by atoms with Gasteiger partial charge >= 0.3 is 0 Å². The number of para-hydroxylation sites is 2. The Morgan fingerprint density at radius 3 is 2.86 bits per heavy atom. The molecule has 1 saturated heterocycles. The van der Waals surface area contributed by atoms with E-state index in [9.17, 15) is 4.79 Å². The summed E-state index contributed by atoms with van der Waals surface area (Å²) in [5, 5.41) is 0.754. The molecule has 152 valence electrons. The second-order valence-corrected chi connectivity index (χ2v) is 8.15. The smallest absolute Gasteiger partial charge is 0.229 e. The summed E-state index contributed by atoms with van der Waals surface area (Å²) in [6.07, 6.45) is 3.17. The number of carbonyl (C=O) groups excluding carboxylic acids is 1. The first kappa shape index (κ1) is 19.9. The maximum absolute atomic E-state index is 13.2. The first-order valence-electron chi connectivity index (χ1n) is 10.2. The van der Waals surface area contributed by atoms with Crippen LogP contribution in [0, 0.1) is 0 Å². The van der Waals surface area contributed by atoms with Crippen molar-refractivity contribution in [3.63, 3.8) is 0 Å². The van der Waals surface area contributed by atoms with Crippen molar-refractivity contribution >= 4 is 32.6 Å². The topological polar surface area (TPSA) is 51.7 Å². The number of aromatic nitrogens is 1. The zero-order valence-electron chi connectivity index (χ0n) is 16.7. The van der Waals surface area contributed by atoms with Gasteiger partial charge in [0.2, 0.25) is 5.91 Å². The normalized spacial score (nSPS) is 16.2. The van der Waals surface area contributed by atoms with E-state index in [0.29, 0.717) is 26.0 Å². The highest BCUT2D eigenvalue weighted by molar-refractivity contribution is 7.22. The fourth-order valence-electron chi connectivity index (χ4n) is 3.64. The molecule has 1 aliphatic rings. The van der Waals surface area contributed by atoms with Gasteiger partial charge in [0.15, 0.2) is 5.13 Å². The molecule has 0 radical (unpaired) electrons. The van der Waals surface area contributed by atoms with Crippen LogP contribution in [0.15, 0.2) is 48.5 Å². The zero-order valence-corrected chi connectivity index (χ0v) is 17.5. The van der Waals surface area contributed by atoms with Gasteiger partial charge in [0.1, 0.15) is 5.75 Å². The third-order valence-electron chi connectivity index (χ3n) is 5.11. The number of fused-ring (bicyclic) bond motifs is 1. The Bertz CT molecular complexity index is 932. The van der Waals surface area contributed by atoms with Gasteiger partial charge in [0.05, 0.1) is 29.5 Å². The maximum Gasteiger partial charge on any atom is 0.229 e. The zero-order chi connectivity index (χ0) is 20.1. The second-order valence-electron chi connectivity index (χ2n) is 7.14. The van der Waals surface area contributed by atoms with E-state index in [4.69, 9.17) is 14.5 Å². The molecule has 29 heavy (non-hydrogen) atoms. The third kappa shape index (κ3) is 4.77. The van der Waals surface area contributed by atoms with E-state index in [1.54, 1.807) is 11.3 Å². The van der Waals surface area contributed by atoms with Crippen molar-refractivity contribution in [2.45, 2.75) is 38.7 Å². The van der Waals surface area contributed by atoms with Crippen molar-refractivity contribution in [3.05, 3.63) is 54.1 Å². The molecule has 1 fully saturated rings. The van der Waals surface area contributed by atoms with E-state index in [2.05, 4.69) is 0 Å². The van der Waals surface area contributed by atoms with Crippen LogP contribution in [0.5, 0.6) is 5.75 Å². The van der Waals surface area contributed by atoms with Gasteiger partial charge in [-0.2, -0.15) is 0 Å². The number of rotatable bonds is 8. The summed E-state index contributed by atoms with van der Waals surface area (Å²) in [6.45, 7) is 3.92. The Balaban J connectivity index is 1.53. The van der Waals surface area contributed by atoms with E-state index in [0.717, 1.165) is 46.1 Å². The van der Waals surface area contributed by atoms with Crippen LogP contribution in [-0.4, -0.2) is 36.8 Å². The molecular formula is C23H26N2O3S. The van der Waals surface area contributed by atoms with Gasteiger partial charge in [-0.25, -0.2) is 4.98 Å². The van der Waals surface area contributed by atoms with Gasteiger partial charge < -0.3 is 9.47 Å². The SMILES string of the molecule is CCOc1ccccc1CCC(=O)N(CC1CCCO1)c1nc2ccccc2s1. The van der Waals surface area contributed by atoms with E-state index in [-0.39, 0.29) is 12.0 Å². The molecule has 0 bridgehead atoms. The van der Waals surface area contributed by atoms with Gasteiger partial charge in [0.25, 0.3) is 0 Å². The first-order valence-corrected chi connectivity index (χ1v) is 11.0. The van der Waals surface area contributed by atoms with Gasteiger partial charge in [0, 0.05) is 13.0 Å². The lowest BCUT2D eigenvalue weighted by Crippen LogP contribution is -2.37. The molecule has 1 aromatic heterocycles. The number of thiazole rings is 1. The minimum atomic E-state index is 0.0749. The monoisotopic (exact) mass is 410 g/mol. The molecule has 5 nitrogen and oxygen atoms in total. The summed E-state index contributed by atoms with van der Waals surface area (Å²) in [6, 6.07) is 15.9. The van der Waals surface area contributed by atoms with Crippen LogP contribution in [0.4, 0.5) is 5.13 Å². The molecule has 3 aromatic rings. The molecule has 1 aliphatic heterocycles. The summed E-state index contributed by atoms with van der Waals surface area (Å²) in [5.74, 6) is 0.930. The van der Waals surface area contributed by atoms with E-state index < -0.39 is 0 Å².